The van der Waals surface area contributed by atoms with Gasteiger partial charge in [0, 0.05) is 47.6 Å². The molecule has 0 saturated heterocycles. The van der Waals surface area contributed by atoms with Crippen LogP contribution in [0.2, 0.25) is 0 Å². The Kier molecular flexibility index (Phi) is 6.64. The second-order valence-corrected chi connectivity index (χ2v) is 13.5. The average Bonchev–Trinajstić information content (AvgIpc) is 3.76. The molecule has 0 spiro atoms. The number of para-hydroxylation sites is 1. The van der Waals surface area contributed by atoms with E-state index in [9.17, 15) is 0 Å². The molecular formula is C45H27N3OS. The molecule has 0 bridgehead atoms. The molecule has 10 aromatic rings. The van der Waals surface area contributed by atoms with Gasteiger partial charge in [0.2, 0.25) is 0 Å². The summed E-state index contributed by atoms with van der Waals surface area (Å²) in [5.41, 5.74) is 9.07. The van der Waals surface area contributed by atoms with Crippen molar-refractivity contribution in [1.82, 2.24) is 15.0 Å². The summed E-state index contributed by atoms with van der Waals surface area (Å²) in [4.78, 5) is 15.0. The van der Waals surface area contributed by atoms with Gasteiger partial charge in [-0.25, -0.2) is 15.0 Å². The second-order valence-electron chi connectivity index (χ2n) is 12.4. The van der Waals surface area contributed by atoms with E-state index in [0.717, 1.165) is 49.8 Å². The Morgan fingerprint density at radius 3 is 1.74 bits per heavy atom. The number of furan rings is 1. The third-order valence-corrected chi connectivity index (χ3v) is 10.6. The van der Waals surface area contributed by atoms with Crippen LogP contribution in [0.3, 0.4) is 0 Å². The average molecular weight is 658 g/mol. The molecule has 0 unspecified atom stereocenters. The van der Waals surface area contributed by atoms with Crippen LogP contribution in [0.25, 0.3) is 98.5 Å². The van der Waals surface area contributed by atoms with E-state index in [0.29, 0.717) is 17.5 Å². The standard InChI is InChI=1S/C45H27N3OS/c1-2-11-28(12-3-1)43-46-44(48-45(47-43)33-23-24-36-35-17-4-6-21-39(35)49-40(36)27-33)32-16-9-14-30(26-32)29-13-8-15-31(25-29)34-19-10-20-38-37-18-5-7-22-41(37)50-42(34)38/h1-27H. The summed E-state index contributed by atoms with van der Waals surface area (Å²) in [5, 5.41) is 4.77. The summed E-state index contributed by atoms with van der Waals surface area (Å²) >= 11 is 1.86. The van der Waals surface area contributed by atoms with Gasteiger partial charge >= 0.3 is 0 Å². The Bertz CT molecular complexity index is 2890. The lowest BCUT2D eigenvalue weighted by Crippen LogP contribution is -2.00. The monoisotopic (exact) mass is 657 g/mol. The minimum Gasteiger partial charge on any atom is -0.456 e. The molecule has 10 rings (SSSR count). The Morgan fingerprint density at radius 1 is 0.360 bits per heavy atom. The molecule has 0 aliphatic carbocycles. The molecule has 7 aromatic carbocycles. The maximum Gasteiger partial charge on any atom is 0.164 e. The number of aromatic nitrogens is 3. The SMILES string of the molecule is c1ccc(-c2nc(-c3cccc(-c4cccc(-c5cccc6c5sc5ccccc56)c4)c3)nc(-c3ccc4c(c3)oc3ccccc34)n2)cc1. The van der Waals surface area contributed by atoms with E-state index in [4.69, 9.17) is 19.4 Å². The van der Waals surface area contributed by atoms with Crippen molar-refractivity contribution in [3.05, 3.63) is 164 Å². The van der Waals surface area contributed by atoms with Crippen LogP contribution in [0, 0.1) is 0 Å². The van der Waals surface area contributed by atoms with Gasteiger partial charge < -0.3 is 4.42 Å². The van der Waals surface area contributed by atoms with Gasteiger partial charge in [-0.3, -0.25) is 0 Å². The maximum absolute atomic E-state index is 6.22. The lowest BCUT2D eigenvalue weighted by Gasteiger charge is -2.11. The van der Waals surface area contributed by atoms with Crippen LogP contribution in [0.4, 0.5) is 0 Å². The molecule has 0 atom stereocenters. The van der Waals surface area contributed by atoms with E-state index in [1.165, 1.54) is 31.3 Å². The number of fused-ring (bicyclic) bond motifs is 6. The molecule has 0 amide bonds. The van der Waals surface area contributed by atoms with Crippen molar-refractivity contribution in [2.75, 3.05) is 0 Å². The summed E-state index contributed by atoms with van der Waals surface area (Å²) in [7, 11) is 0. The Balaban J connectivity index is 1.08. The van der Waals surface area contributed by atoms with Crippen molar-refractivity contribution < 1.29 is 4.42 Å². The first-order valence-corrected chi connectivity index (χ1v) is 17.4. The van der Waals surface area contributed by atoms with Crippen molar-refractivity contribution >= 4 is 53.4 Å². The molecular weight excluding hydrogens is 631 g/mol. The minimum absolute atomic E-state index is 0.597. The summed E-state index contributed by atoms with van der Waals surface area (Å²) in [5.74, 6) is 1.84. The number of thiophene rings is 1. The van der Waals surface area contributed by atoms with Gasteiger partial charge in [-0.1, -0.05) is 127 Å². The predicted molar refractivity (Wildman–Crippen MR) is 207 cm³/mol. The van der Waals surface area contributed by atoms with Gasteiger partial charge in [0.1, 0.15) is 11.2 Å². The lowest BCUT2D eigenvalue weighted by molar-refractivity contribution is 0.669. The van der Waals surface area contributed by atoms with Crippen LogP contribution in [0.5, 0.6) is 0 Å². The van der Waals surface area contributed by atoms with Gasteiger partial charge in [0.25, 0.3) is 0 Å². The highest BCUT2D eigenvalue weighted by molar-refractivity contribution is 7.26. The third kappa shape index (κ3) is 4.87. The quantitative estimate of drug-likeness (QED) is 0.185. The van der Waals surface area contributed by atoms with Crippen LogP contribution >= 0.6 is 11.3 Å². The van der Waals surface area contributed by atoms with Crippen LogP contribution < -0.4 is 0 Å². The second kappa shape index (κ2) is 11.6. The van der Waals surface area contributed by atoms with Gasteiger partial charge in [0.05, 0.1) is 0 Å². The minimum atomic E-state index is 0.597. The zero-order chi connectivity index (χ0) is 33.0. The van der Waals surface area contributed by atoms with E-state index in [-0.39, 0.29) is 0 Å². The lowest BCUT2D eigenvalue weighted by atomic mass is 9.97. The molecule has 234 valence electrons. The summed E-state index contributed by atoms with van der Waals surface area (Å²) < 4.78 is 8.84. The molecule has 0 fully saturated rings. The Hall–Kier alpha value is -6.43. The third-order valence-electron chi connectivity index (χ3n) is 9.34. The number of hydrogen-bond acceptors (Lipinski definition) is 5. The molecule has 5 heteroatoms. The molecule has 0 radical (unpaired) electrons. The van der Waals surface area contributed by atoms with E-state index in [1.807, 2.05) is 65.9 Å². The Labute approximate surface area is 292 Å². The molecule has 3 heterocycles. The Morgan fingerprint density at radius 2 is 0.920 bits per heavy atom. The van der Waals surface area contributed by atoms with Crippen LogP contribution in [0.15, 0.2) is 168 Å². The molecule has 3 aromatic heterocycles. The zero-order valence-electron chi connectivity index (χ0n) is 26.7. The summed E-state index contributed by atoms with van der Waals surface area (Å²) in [6.45, 7) is 0. The van der Waals surface area contributed by atoms with Crippen molar-refractivity contribution in [2.45, 2.75) is 0 Å². The van der Waals surface area contributed by atoms with Gasteiger partial charge in [-0.2, -0.15) is 0 Å². The van der Waals surface area contributed by atoms with E-state index in [1.54, 1.807) is 0 Å². The highest BCUT2D eigenvalue weighted by Gasteiger charge is 2.16. The topological polar surface area (TPSA) is 51.8 Å². The number of nitrogens with zero attached hydrogens (tertiary/aromatic N) is 3. The number of hydrogen-bond donors (Lipinski definition) is 0. The largest absolute Gasteiger partial charge is 0.456 e. The zero-order valence-corrected chi connectivity index (χ0v) is 27.6. The molecule has 0 saturated carbocycles. The van der Waals surface area contributed by atoms with Gasteiger partial charge in [-0.15, -0.1) is 11.3 Å². The smallest absolute Gasteiger partial charge is 0.164 e. The van der Waals surface area contributed by atoms with Crippen LogP contribution in [-0.2, 0) is 0 Å². The van der Waals surface area contributed by atoms with Crippen molar-refractivity contribution in [3.63, 3.8) is 0 Å². The summed E-state index contributed by atoms with van der Waals surface area (Å²) in [6, 6.07) is 56.9. The first kappa shape index (κ1) is 28.6. The highest BCUT2D eigenvalue weighted by atomic mass is 32.1. The molecule has 0 N–H and O–H groups in total. The number of benzene rings is 7. The van der Waals surface area contributed by atoms with E-state index >= 15 is 0 Å². The van der Waals surface area contributed by atoms with Gasteiger partial charge in [0.15, 0.2) is 17.5 Å². The van der Waals surface area contributed by atoms with Crippen molar-refractivity contribution in [1.29, 1.82) is 0 Å². The fraction of sp³-hybridized carbons (Fsp3) is 0. The summed E-state index contributed by atoms with van der Waals surface area (Å²) in [6.07, 6.45) is 0. The van der Waals surface area contributed by atoms with E-state index in [2.05, 4.69) is 109 Å². The van der Waals surface area contributed by atoms with E-state index < -0.39 is 0 Å². The normalized spacial score (nSPS) is 11.6. The van der Waals surface area contributed by atoms with Crippen molar-refractivity contribution in [2.24, 2.45) is 0 Å². The number of rotatable bonds is 5. The fourth-order valence-electron chi connectivity index (χ4n) is 6.89. The van der Waals surface area contributed by atoms with Crippen LogP contribution in [-0.4, -0.2) is 15.0 Å². The predicted octanol–water partition coefficient (Wildman–Crippen LogP) is 12.5. The highest BCUT2D eigenvalue weighted by Crippen LogP contribution is 2.41. The fourth-order valence-corrected chi connectivity index (χ4v) is 8.13. The molecule has 4 nitrogen and oxygen atoms in total. The molecule has 50 heavy (non-hydrogen) atoms. The molecule has 0 aliphatic rings. The molecule has 0 aliphatic heterocycles. The maximum atomic E-state index is 6.22. The first-order valence-electron chi connectivity index (χ1n) is 16.6. The van der Waals surface area contributed by atoms with Gasteiger partial charge in [-0.05, 0) is 58.7 Å². The van der Waals surface area contributed by atoms with Crippen LogP contribution in [0.1, 0.15) is 0 Å². The first-order chi connectivity index (χ1) is 24.7. The van der Waals surface area contributed by atoms with Crippen molar-refractivity contribution in [3.8, 4) is 56.4 Å².